The van der Waals surface area contributed by atoms with Crippen LogP contribution in [-0.2, 0) is 4.79 Å². The maximum absolute atomic E-state index is 12.0. The minimum atomic E-state index is -0.992. The molecule has 0 radical (unpaired) electrons. The van der Waals surface area contributed by atoms with Gasteiger partial charge in [0, 0.05) is 12.6 Å². The lowest BCUT2D eigenvalue weighted by molar-refractivity contribution is -0.127. The molecule has 0 aromatic carbocycles. The molecule has 0 aromatic heterocycles. The number of hydrogen-bond donors (Lipinski definition) is 3. The number of carbonyl (C=O) groups is 1. The Labute approximate surface area is 108 Å². The molecule has 0 bridgehead atoms. The van der Waals surface area contributed by atoms with Gasteiger partial charge in [-0.05, 0) is 46.7 Å². The van der Waals surface area contributed by atoms with Crippen LogP contribution in [0, 0.1) is 5.41 Å². The summed E-state index contributed by atoms with van der Waals surface area (Å²) in [6.07, 6.45) is 2.46. The summed E-state index contributed by atoms with van der Waals surface area (Å²) >= 11 is 0. The summed E-state index contributed by atoms with van der Waals surface area (Å²) in [5, 5.41) is 14.5. The van der Waals surface area contributed by atoms with E-state index in [0.29, 0.717) is 0 Å². The second kappa shape index (κ2) is 6.04. The summed E-state index contributed by atoms with van der Waals surface area (Å²) in [5.74, 6) is -0.294. The third-order valence-corrected chi connectivity index (χ3v) is 3.42. The summed E-state index contributed by atoms with van der Waals surface area (Å²) in [6.45, 7) is 8.30. The number of amidine groups is 1. The molecule has 1 fully saturated rings. The van der Waals surface area contributed by atoms with Gasteiger partial charge in [0.2, 0.25) is 5.91 Å². The zero-order chi connectivity index (χ0) is 13.8. The van der Waals surface area contributed by atoms with Gasteiger partial charge in [-0.25, -0.2) is 0 Å². The van der Waals surface area contributed by atoms with Crippen molar-refractivity contribution in [1.29, 1.82) is 0 Å². The van der Waals surface area contributed by atoms with Crippen molar-refractivity contribution in [3.63, 3.8) is 0 Å². The highest BCUT2D eigenvalue weighted by Gasteiger charge is 2.33. The van der Waals surface area contributed by atoms with E-state index in [1.807, 2.05) is 6.92 Å². The first kappa shape index (κ1) is 14.8. The van der Waals surface area contributed by atoms with Gasteiger partial charge < -0.3 is 21.2 Å². The molecular weight excluding hydrogens is 232 g/mol. The van der Waals surface area contributed by atoms with E-state index in [4.69, 9.17) is 10.9 Å². The van der Waals surface area contributed by atoms with Gasteiger partial charge in [-0.3, -0.25) is 4.79 Å². The second-order valence-electron chi connectivity index (χ2n) is 5.49. The Hall–Kier alpha value is -1.30. The molecular formula is C12H24N4O2. The molecule has 1 aliphatic heterocycles. The predicted molar refractivity (Wildman–Crippen MR) is 70.5 cm³/mol. The van der Waals surface area contributed by atoms with E-state index >= 15 is 0 Å². The number of hydrogen-bond acceptors (Lipinski definition) is 4. The fourth-order valence-electron chi connectivity index (χ4n) is 2.04. The molecule has 1 heterocycles. The molecule has 0 aliphatic carbocycles. The number of nitrogens with two attached hydrogens (primary N) is 1. The van der Waals surface area contributed by atoms with Crippen molar-refractivity contribution in [2.24, 2.45) is 16.3 Å². The quantitative estimate of drug-likeness (QED) is 0.287. The highest BCUT2D eigenvalue weighted by molar-refractivity contribution is 6.05. The number of likely N-dealkylation sites (tertiary alicyclic amines) is 1. The van der Waals surface area contributed by atoms with Crippen LogP contribution in [0.3, 0.4) is 0 Å². The topological polar surface area (TPSA) is 91.0 Å². The number of oxime groups is 1. The molecule has 1 amide bonds. The SMILES string of the molecule is CC(CN1CCCC1)NC(=O)C(C)(C)C(N)=NO. The van der Waals surface area contributed by atoms with Gasteiger partial charge in [-0.15, -0.1) is 0 Å². The van der Waals surface area contributed by atoms with E-state index in [9.17, 15) is 4.79 Å². The van der Waals surface area contributed by atoms with Crippen LogP contribution in [0.4, 0.5) is 0 Å². The number of rotatable bonds is 5. The van der Waals surface area contributed by atoms with Crippen LogP contribution < -0.4 is 11.1 Å². The first-order valence-electron chi connectivity index (χ1n) is 6.39. The van der Waals surface area contributed by atoms with Gasteiger partial charge in [0.1, 0.15) is 5.41 Å². The van der Waals surface area contributed by atoms with Crippen molar-refractivity contribution in [2.45, 2.75) is 39.7 Å². The molecule has 1 saturated heterocycles. The van der Waals surface area contributed by atoms with E-state index < -0.39 is 5.41 Å². The fourth-order valence-corrected chi connectivity index (χ4v) is 2.04. The van der Waals surface area contributed by atoms with Crippen LogP contribution >= 0.6 is 0 Å². The first-order valence-corrected chi connectivity index (χ1v) is 6.39. The first-order chi connectivity index (χ1) is 8.37. The van der Waals surface area contributed by atoms with E-state index in [2.05, 4.69) is 15.4 Å². The lowest BCUT2D eigenvalue weighted by Gasteiger charge is -2.26. The Morgan fingerprint density at radius 1 is 1.50 bits per heavy atom. The molecule has 1 atom stereocenters. The van der Waals surface area contributed by atoms with Gasteiger partial charge in [0.15, 0.2) is 5.84 Å². The Kier molecular flexibility index (Phi) is 4.95. The van der Waals surface area contributed by atoms with Gasteiger partial charge >= 0.3 is 0 Å². The molecule has 0 saturated carbocycles. The lowest BCUT2D eigenvalue weighted by atomic mass is 9.90. The third-order valence-electron chi connectivity index (χ3n) is 3.42. The van der Waals surface area contributed by atoms with E-state index in [1.54, 1.807) is 13.8 Å². The molecule has 4 N–H and O–H groups in total. The van der Waals surface area contributed by atoms with Crippen molar-refractivity contribution >= 4 is 11.7 Å². The van der Waals surface area contributed by atoms with Crippen molar-refractivity contribution in [1.82, 2.24) is 10.2 Å². The van der Waals surface area contributed by atoms with Crippen LogP contribution in [-0.4, -0.2) is 47.5 Å². The molecule has 1 unspecified atom stereocenters. The lowest BCUT2D eigenvalue weighted by Crippen LogP contribution is -2.50. The largest absolute Gasteiger partial charge is 0.409 e. The smallest absolute Gasteiger partial charge is 0.233 e. The number of nitrogens with zero attached hydrogens (tertiary/aromatic N) is 2. The highest BCUT2D eigenvalue weighted by Crippen LogP contribution is 2.16. The van der Waals surface area contributed by atoms with Gasteiger partial charge in [0.05, 0.1) is 0 Å². The third kappa shape index (κ3) is 3.60. The standard InChI is InChI=1S/C12H24N4O2/c1-9(8-16-6-4-5-7-16)14-11(17)12(2,3)10(13)15-18/h9,18H,4-8H2,1-3H3,(H2,13,15)(H,14,17). The minimum absolute atomic E-state index is 0.0568. The van der Waals surface area contributed by atoms with Crippen LogP contribution in [0.5, 0.6) is 0 Å². The Bertz CT molecular complexity index is 322. The molecule has 6 nitrogen and oxygen atoms in total. The highest BCUT2D eigenvalue weighted by atomic mass is 16.4. The summed E-state index contributed by atoms with van der Waals surface area (Å²) in [7, 11) is 0. The molecule has 6 heteroatoms. The van der Waals surface area contributed by atoms with Crippen molar-refractivity contribution < 1.29 is 10.0 Å². The Morgan fingerprint density at radius 3 is 2.56 bits per heavy atom. The van der Waals surface area contributed by atoms with Gasteiger partial charge in [-0.2, -0.15) is 0 Å². The van der Waals surface area contributed by atoms with Gasteiger partial charge in [0.25, 0.3) is 0 Å². The maximum Gasteiger partial charge on any atom is 0.233 e. The average Bonchev–Trinajstić information content (AvgIpc) is 2.80. The minimum Gasteiger partial charge on any atom is -0.409 e. The molecule has 1 aliphatic rings. The van der Waals surface area contributed by atoms with Crippen molar-refractivity contribution in [2.75, 3.05) is 19.6 Å². The average molecular weight is 256 g/mol. The van der Waals surface area contributed by atoms with Crippen LogP contribution in [0.15, 0.2) is 5.16 Å². The molecule has 0 spiro atoms. The zero-order valence-electron chi connectivity index (χ0n) is 11.4. The van der Waals surface area contributed by atoms with Crippen LogP contribution in [0.1, 0.15) is 33.6 Å². The Balaban J connectivity index is 2.48. The van der Waals surface area contributed by atoms with Crippen LogP contribution in [0.2, 0.25) is 0 Å². The number of amides is 1. The van der Waals surface area contributed by atoms with E-state index in [0.717, 1.165) is 19.6 Å². The van der Waals surface area contributed by atoms with E-state index in [-0.39, 0.29) is 17.8 Å². The summed E-state index contributed by atoms with van der Waals surface area (Å²) in [5.41, 5.74) is 4.53. The molecule has 1 rings (SSSR count). The molecule has 104 valence electrons. The maximum atomic E-state index is 12.0. The molecule has 18 heavy (non-hydrogen) atoms. The number of nitrogens with one attached hydrogen (secondary N) is 1. The predicted octanol–water partition coefficient (Wildman–Crippen LogP) is 0.360. The van der Waals surface area contributed by atoms with Gasteiger partial charge in [-0.1, -0.05) is 5.16 Å². The summed E-state index contributed by atoms with van der Waals surface area (Å²) in [6, 6.07) is 0.0568. The molecule has 0 aromatic rings. The summed E-state index contributed by atoms with van der Waals surface area (Å²) < 4.78 is 0. The second-order valence-corrected chi connectivity index (χ2v) is 5.49. The van der Waals surface area contributed by atoms with E-state index in [1.165, 1.54) is 12.8 Å². The monoisotopic (exact) mass is 256 g/mol. The van der Waals surface area contributed by atoms with Crippen LogP contribution in [0.25, 0.3) is 0 Å². The zero-order valence-corrected chi connectivity index (χ0v) is 11.4. The van der Waals surface area contributed by atoms with Crippen molar-refractivity contribution in [3.8, 4) is 0 Å². The Morgan fingerprint density at radius 2 is 2.06 bits per heavy atom. The fraction of sp³-hybridized carbons (Fsp3) is 0.833. The normalized spacial score (nSPS) is 19.8. The van der Waals surface area contributed by atoms with Crippen molar-refractivity contribution in [3.05, 3.63) is 0 Å². The number of carbonyl (C=O) groups excluding carboxylic acids is 1. The summed E-state index contributed by atoms with van der Waals surface area (Å²) in [4.78, 5) is 14.4.